The Morgan fingerprint density at radius 3 is 2.86 bits per heavy atom. The van der Waals surface area contributed by atoms with Gasteiger partial charge in [0.25, 0.3) is 0 Å². The maximum atomic E-state index is 6.04. The van der Waals surface area contributed by atoms with Gasteiger partial charge < -0.3 is 14.8 Å². The number of nitrogens with one attached hydrogen (secondary N) is 1. The van der Waals surface area contributed by atoms with E-state index in [0.29, 0.717) is 5.92 Å². The number of hydrogen-bond donors (Lipinski definition) is 1. The van der Waals surface area contributed by atoms with Crippen molar-refractivity contribution in [2.24, 2.45) is 12.0 Å². The smallest absolute Gasteiger partial charge is 0.193 e. The molecule has 2 aromatic heterocycles. The minimum atomic E-state index is 0.467. The maximum Gasteiger partial charge on any atom is 0.193 e. The zero-order valence-electron chi connectivity index (χ0n) is 13.5. The second kappa shape index (κ2) is 7.70. The molecule has 120 valence electrons. The van der Waals surface area contributed by atoms with Crippen molar-refractivity contribution in [3.8, 4) is 0 Å². The van der Waals surface area contributed by atoms with Gasteiger partial charge in [0.05, 0.1) is 11.6 Å². The van der Waals surface area contributed by atoms with Gasteiger partial charge in [0, 0.05) is 50.4 Å². The summed E-state index contributed by atoms with van der Waals surface area (Å²) in [6.45, 7) is 3.85. The van der Waals surface area contributed by atoms with Crippen LogP contribution in [0.5, 0.6) is 0 Å². The molecule has 0 saturated carbocycles. The van der Waals surface area contributed by atoms with Gasteiger partial charge in [0.2, 0.25) is 0 Å². The highest BCUT2D eigenvalue weighted by Gasteiger charge is 2.12. The number of guanidine groups is 1. The Balaban J connectivity index is 1.92. The molecular weight excluding hydrogens is 316 g/mol. The second-order valence-electron chi connectivity index (χ2n) is 5.46. The van der Waals surface area contributed by atoms with Crippen LogP contribution in [-0.2, 0) is 13.6 Å². The van der Waals surface area contributed by atoms with E-state index in [9.17, 15) is 0 Å². The Morgan fingerprint density at radius 1 is 1.55 bits per heavy atom. The van der Waals surface area contributed by atoms with Gasteiger partial charge in [-0.3, -0.25) is 4.99 Å². The zero-order chi connectivity index (χ0) is 16.1. The summed E-state index contributed by atoms with van der Waals surface area (Å²) in [5.41, 5.74) is 1.15. The fraction of sp³-hybridized carbons (Fsp3) is 0.438. The van der Waals surface area contributed by atoms with Crippen LogP contribution < -0.4 is 5.32 Å². The number of rotatable bonds is 5. The average molecular weight is 339 g/mol. The third kappa shape index (κ3) is 4.27. The van der Waals surface area contributed by atoms with Crippen LogP contribution >= 0.6 is 22.9 Å². The van der Waals surface area contributed by atoms with Gasteiger partial charge in [0.15, 0.2) is 5.96 Å². The maximum absolute atomic E-state index is 6.04. The van der Waals surface area contributed by atoms with E-state index in [1.807, 2.05) is 38.0 Å². The molecule has 0 aliphatic rings. The molecule has 0 bridgehead atoms. The molecule has 0 spiro atoms. The molecule has 2 aromatic rings. The Bertz CT molecular complexity index is 618. The van der Waals surface area contributed by atoms with Crippen molar-refractivity contribution >= 4 is 28.9 Å². The fourth-order valence-corrected chi connectivity index (χ4v) is 3.40. The first-order chi connectivity index (χ1) is 10.5. The van der Waals surface area contributed by atoms with Crippen molar-refractivity contribution in [2.45, 2.75) is 19.4 Å². The van der Waals surface area contributed by atoms with Gasteiger partial charge in [-0.15, -0.1) is 11.3 Å². The second-order valence-corrected chi connectivity index (χ2v) is 6.88. The highest BCUT2D eigenvalue weighted by molar-refractivity contribution is 7.10. The van der Waals surface area contributed by atoms with Gasteiger partial charge >= 0.3 is 0 Å². The lowest BCUT2D eigenvalue weighted by atomic mass is 10.1. The molecule has 0 saturated heterocycles. The van der Waals surface area contributed by atoms with Crippen LogP contribution in [0.1, 0.15) is 23.4 Å². The molecule has 0 aromatic carbocycles. The van der Waals surface area contributed by atoms with Gasteiger partial charge in [-0.25, -0.2) is 0 Å². The van der Waals surface area contributed by atoms with E-state index in [4.69, 9.17) is 11.6 Å². The minimum Gasteiger partial charge on any atom is -0.356 e. The monoisotopic (exact) mass is 338 g/mol. The summed E-state index contributed by atoms with van der Waals surface area (Å²) in [7, 11) is 5.85. The van der Waals surface area contributed by atoms with E-state index in [-0.39, 0.29) is 0 Å². The Kier molecular flexibility index (Phi) is 5.91. The minimum absolute atomic E-state index is 0.467. The molecule has 2 rings (SSSR count). The van der Waals surface area contributed by atoms with Gasteiger partial charge in [-0.2, -0.15) is 0 Å². The number of aromatic nitrogens is 1. The number of nitrogens with zero attached hydrogens (tertiary/aromatic N) is 3. The zero-order valence-corrected chi connectivity index (χ0v) is 15.1. The molecule has 4 nitrogen and oxygen atoms in total. The largest absolute Gasteiger partial charge is 0.356 e. The van der Waals surface area contributed by atoms with Crippen molar-refractivity contribution in [3.05, 3.63) is 45.4 Å². The highest BCUT2D eigenvalue weighted by Crippen LogP contribution is 2.19. The summed E-state index contributed by atoms with van der Waals surface area (Å²) >= 11 is 7.83. The molecule has 1 atom stereocenters. The van der Waals surface area contributed by atoms with Crippen LogP contribution in [0.2, 0.25) is 5.02 Å². The summed E-state index contributed by atoms with van der Waals surface area (Å²) in [5.74, 6) is 1.36. The number of hydrogen-bond acceptors (Lipinski definition) is 2. The first kappa shape index (κ1) is 16.9. The first-order valence-electron chi connectivity index (χ1n) is 7.27. The third-order valence-electron chi connectivity index (χ3n) is 3.64. The lowest BCUT2D eigenvalue weighted by Crippen LogP contribution is -2.40. The number of aryl methyl sites for hydroxylation is 1. The molecule has 0 amide bonds. The highest BCUT2D eigenvalue weighted by atomic mass is 35.5. The van der Waals surface area contributed by atoms with Gasteiger partial charge in [-0.1, -0.05) is 24.6 Å². The summed E-state index contributed by atoms with van der Waals surface area (Å²) in [5, 5.41) is 6.33. The number of halogens is 1. The van der Waals surface area contributed by atoms with Crippen molar-refractivity contribution in [1.82, 2.24) is 14.8 Å². The summed E-state index contributed by atoms with van der Waals surface area (Å²) in [4.78, 5) is 7.86. The SMILES string of the molecule is CN=C(NCC(C)c1cccs1)N(C)Cc1cc(Cl)cn1C. The average Bonchev–Trinajstić information content (AvgIpc) is 3.10. The molecule has 0 aliphatic heterocycles. The van der Waals surface area contributed by atoms with Crippen LogP contribution in [-0.4, -0.2) is 36.1 Å². The van der Waals surface area contributed by atoms with Crippen LogP contribution in [0.15, 0.2) is 34.8 Å². The Labute approximate surface area is 141 Å². The molecule has 0 radical (unpaired) electrons. The van der Waals surface area contributed by atoms with E-state index in [1.165, 1.54) is 4.88 Å². The molecule has 22 heavy (non-hydrogen) atoms. The summed E-state index contributed by atoms with van der Waals surface area (Å²) in [6, 6.07) is 6.26. The van der Waals surface area contributed by atoms with E-state index in [1.54, 1.807) is 11.3 Å². The lowest BCUT2D eigenvalue weighted by molar-refractivity contribution is 0.459. The van der Waals surface area contributed by atoms with E-state index in [0.717, 1.165) is 29.8 Å². The van der Waals surface area contributed by atoms with Crippen LogP contribution in [0.25, 0.3) is 0 Å². The van der Waals surface area contributed by atoms with Crippen LogP contribution in [0.3, 0.4) is 0 Å². The van der Waals surface area contributed by atoms with Crippen LogP contribution in [0, 0.1) is 0 Å². The van der Waals surface area contributed by atoms with Gasteiger partial charge in [-0.05, 0) is 17.5 Å². The summed E-state index contributed by atoms with van der Waals surface area (Å²) in [6.07, 6.45) is 1.92. The van der Waals surface area contributed by atoms with E-state index in [2.05, 4.69) is 39.6 Å². The predicted molar refractivity (Wildman–Crippen MR) is 96.0 cm³/mol. The molecule has 6 heteroatoms. The van der Waals surface area contributed by atoms with Gasteiger partial charge in [0.1, 0.15) is 0 Å². The predicted octanol–water partition coefficient (Wildman–Crippen LogP) is 3.55. The molecule has 0 aliphatic carbocycles. The van der Waals surface area contributed by atoms with Crippen molar-refractivity contribution in [3.63, 3.8) is 0 Å². The Hall–Kier alpha value is -1.46. The standard InChI is InChI=1S/C16H23ClN4S/c1-12(15-6-5-7-22-15)9-19-16(18-2)21(4)11-14-8-13(17)10-20(14)3/h5-8,10,12H,9,11H2,1-4H3,(H,18,19). The number of aliphatic imine (C=N–C) groups is 1. The van der Waals surface area contributed by atoms with Crippen molar-refractivity contribution < 1.29 is 0 Å². The number of thiophene rings is 1. The molecule has 2 heterocycles. The fourth-order valence-electron chi connectivity index (χ4n) is 2.34. The molecule has 0 fully saturated rings. The third-order valence-corrected chi connectivity index (χ3v) is 4.95. The van der Waals surface area contributed by atoms with E-state index < -0.39 is 0 Å². The molecule has 1 unspecified atom stereocenters. The van der Waals surface area contributed by atoms with Crippen molar-refractivity contribution in [1.29, 1.82) is 0 Å². The van der Waals surface area contributed by atoms with Crippen LogP contribution in [0.4, 0.5) is 0 Å². The normalized spacial score (nSPS) is 13.2. The quantitative estimate of drug-likeness (QED) is 0.668. The summed E-state index contributed by atoms with van der Waals surface area (Å²) < 4.78 is 2.04. The Morgan fingerprint density at radius 2 is 2.32 bits per heavy atom. The van der Waals surface area contributed by atoms with Crippen molar-refractivity contribution in [2.75, 3.05) is 20.6 Å². The molecule has 1 N–H and O–H groups in total. The van der Waals surface area contributed by atoms with E-state index >= 15 is 0 Å². The molecular formula is C16H23ClN4S. The first-order valence-corrected chi connectivity index (χ1v) is 8.53. The topological polar surface area (TPSA) is 32.6 Å². The lowest BCUT2D eigenvalue weighted by Gasteiger charge is -2.23.